The van der Waals surface area contributed by atoms with Gasteiger partial charge in [0.25, 0.3) is 0 Å². The molecule has 4 heteroatoms. The first-order chi connectivity index (χ1) is 9.58. The average Bonchev–Trinajstić information content (AvgIpc) is 2.78. The summed E-state index contributed by atoms with van der Waals surface area (Å²) < 4.78 is 7.60. The molecule has 0 bridgehead atoms. The van der Waals surface area contributed by atoms with E-state index in [4.69, 9.17) is 4.74 Å². The summed E-state index contributed by atoms with van der Waals surface area (Å²) in [4.78, 5) is 11.0. The Morgan fingerprint density at radius 1 is 1.30 bits per heavy atom. The summed E-state index contributed by atoms with van der Waals surface area (Å²) in [5, 5.41) is 4.39. The van der Waals surface area contributed by atoms with Crippen molar-refractivity contribution in [2.45, 2.75) is 33.3 Å². The van der Waals surface area contributed by atoms with E-state index in [1.807, 2.05) is 36.0 Å². The largest absolute Gasteiger partial charge is 0.487 e. The fraction of sp³-hybridized carbons (Fsp3) is 0.375. The highest BCUT2D eigenvalue weighted by Crippen LogP contribution is 2.15. The zero-order chi connectivity index (χ0) is 14.5. The van der Waals surface area contributed by atoms with E-state index in [9.17, 15) is 4.79 Å². The number of rotatable bonds is 6. The minimum absolute atomic E-state index is 0.167. The second-order valence-electron chi connectivity index (χ2n) is 4.92. The Bertz CT molecular complexity index is 585. The van der Waals surface area contributed by atoms with Crippen molar-refractivity contribution in [2.24, 2.45) is 7.05 Å². The Hall–Kier alpha value is -2.10. The summed E-state index contributed by atoms with van der Waals surface area (Å²) in [6, 6.07) is 9.71. The Labute approximate surface area is 119 Å². The lowest BCUT2D eigenvalue weighted by atomic mass is 10.1. The molecule has 0 aliphatic carbocycles. The maximum Gasteiger partial charge on any atom is 0.134 e. The summed E-state index contributed by atoms with van der Waals surface area (Å²) in [5.74, 6) is 0.970. The lowest BCUT2D eigenvalue weighted by Crippen LogP contribution is -2.03. The van der Waals surface area contributed by atoms with Gasteiger partial charge in [0.2, 0.25) is 0 Å². The van der Waals surface area contributed by atoms with Crippen molar-refractivity contribution >= 4 is 5.78 Å². The van der Waals surface area contributed by atoms with Gasteiger partial charge in [0.05, 0.1) is 11.4 Å². The summed E-state index contributed by atoms with van der Waals surface area (Å²) in [6.45, 7) is 4.18. The number of carbonyl (C=O) groups excluding carboxylic acids is 1. The molecule has 0 aliphatic rings. The van der Waals surface area contributed by atoms with E-state index in [0.29, 0.717) is 13.0 Å². The SMILES string of the molecule is CCc1cc(COc2ccc(CC(C)=O)cc2)n(C)n1. The van der Waals surface area contributed by atoms with Crippen LogP contribution in [0.3, 0.4) is 0 Å². The number of aromatic nitrogens is 2. The van der Waals surface area contributed by atoms with Gasteiger partial charge in [0, 0.05) is 13.5 Å². The second-order valence-corrected chi connectivity index (χ2v) is 4.92. The van der Waals surface area contributed by atoms with Crippen LogP contribution in [0.25, 0.3) is 0 Å². The molecule has 0 aliphatic heterocycles. The molecule has 0 radical (unpaired) electrons. The first kappa shape index (κ1) is 14.3. The fourth-order valence-electron chi connectivity index (χ4n) is 2.03. The van der Waals surface area contributed by atoms with Crippen LogP contribution in [0.4, 0.5) is 0 Å². The predicted molar refractivity (Wildman–Crippen MR) is 77.7 cm³/mol. The van der Waals surface area contributed by atoms with Gasteiger partial charge in [-0.05, 0) is 37.1 Å². The van der Waals surface area contributed by atoms with Crippen molar-refractivity contribution in [2.75, 3.05) is 0 Å². The van der Waals surface area contributed by atoms with Crippen LogP contribution in [0, 0.1) is 0 Å². The zero-order valence-electron chi connectivity index (χ0n) is 12.2. The van der Waals surface area contributed by atoms with Crippen LogP contribution < -0.4 is 4.74 Å². The lowest BCUT2D eigenvalue weighted by molar-refractivity contribution is -0.116. The first-order valence-corrected chi connectivity index (χ1v) is 6.81. The Balaban J connectivity index is 1.96. The molecule has 20 heavy (non-hydrogen) atoms. The van der Waals surface area contributed by atoms with Gasteiger partial charge in [-0.3, -0.25) is 9.48 Å². The van der Waals surface area contributed by atoms with Crippen LogP contribution in [0.2, 0.25) is 0 Å². The van der Waals surface area contributed by atoms with Crippen LogP contribution in [-0.2, 0) is 31.3 Å². The predicted octanol–water partition coefficient (Wildman–Crippen LogP) is 2.69. The number of nitrogens with zero attached hydrogens (tertiary/aromatic N) is 2. The van der Waals surface area contributed by atoms with Crippen molar-refractivity contribution in [3.63, 3.8) is 0 Å². The monoisotopic (exact) mass is 272 g/mol. The number of ketones is 1. The van der Waals surface area contributed by atoms with Crippen LogP contribution in [0.15, 0.2) is 30.3 Å². The van der Waals surface area contributed by atoms with Crippen LogP contribution in [0.1, 0.15) is 30.8 Å². The maximum atomic E-state index is 11.0. The van der Waals surface area contributed by atoms with Crippen LogP contribution >= 0.6 is 0 Å². The van der Waals surface area contributed by atoms with Gasteiger partial charge >= 0.3 is 0 Å². The van der Waals surface area contributed by atoms with Crippen molar-refractivity contribution in [1.82, 2.24) is 9.78 Å². The highest BCUT2D eigenvalue weighted by molar-refractivity contribution is 5.78. The highest BCUT2D eigenvalue weighted by Gasteiger charge is 2.05. The molecule has 0 unspecified atom stereocenters. The van der Waals surface area contributed by atoms with Gasteiger partial charge in [-0.25, -0.2) is 0 Å². The van der Waals surface area contributed by atoms with Gasteiger partial charge in [0.1, 0.15) is 18.1 Å². The smallest absolute Gasteiger partial charge is 0.134 e. The fourth-order valence-corrected chi connectivity index (χ4v) is 2.03. The zero-order valence-corrected chi connectivity index (χ0v) is 12.2. The number of hydrogen-bond donors (Lipinski definition) is 0. The average molecular weight is 272 g/mol. The first-order valence-electron chi connectivity index (χ1n) is 6.81. The van der Waals surface area contributed by atoms with Crippen molar-refractivity contribution in [3.8, 4) is 5.75 Å². The van der Waals surface area contributed by atoms with Gasteiger partial charge in [-0.2, -0.15) is 5.10 Å². The van der Waals surface area contributed by atoms with Crippen molar-refractivity contribution in [3.05, 3.63) is 47.3 Å². The molecule has 1 aromatic carbocycles. The molecule has 4 nitrogen and oxygen atoms in total. The molecule has 0 saturated heterocycles. The minimum Gasteiger partial charge on any atom is -0.487 e. The van der Waals surface area contributed by atoms with Gasteiger partial charge in [-0.1, -0.05) is 19.1 Å². The highest BCUT2D eigenvalue weighted by atomic mass is 16.5. The quantitative estimate of drug-likeness (QED) is 0.812. The Kier molecular flexibility index (Phi) is 4.56. The van der Waals surface area contributed by atoms with E-state index in [1.165, 1.54) is 0 Å². The van der Waals surface area contributed by atoms with E-state index in [2.05, 4.69) is 18.1 Å². The summed E-state index contributed by atoms with van der Waals surface area (Å²) in [5.41, 5.74) is 3.14. The summed E-state index contributed by atoms with van der Waals surface area (Å²) >= 11 is 0. The second kappa shape index (κ2) is 6.37. The number of aryl methyl sites for hydroxylation is 2. The molecule has 0 atom stereocenters. The van der Waals surface area contributed by atoms with E-state index < -0.39 is 0 Å². The third kappa shape index (κ3) is 3.70. The summed E-state index contributed by atoms with van der Waals surface area (Å²) in [6.07, 6.45) is 1.40. The van der Waals surface area contributed by atoms with Crippen molar-refractivity contribution < 1.29 is 9.53 Å². The molecule has 1 aromatic heterocycles. The minimum atomic E-state index is 0.167. The molecule has 0 amide bonds. The number of carbonyl (C=O) groups is 1. The molecular formula is C16H20N2O2. The van der Waals surface area contributed by atoms with Crippen LogP contribution in [0.5, 0.6) is 5.75 Å². The molecular weight excluding hydrogens is 252 g/mol. The number of benzene rings is 1. The Morgan fingerprint density at radius 3 is 2.55 bits per heavy atom. The molecule has 2 aromatic rings. The third-order valence-electron chi connectivity index (χ3n) is 3.15. The molecule has 0 spiro atoms. The molecule has 1 heterocycles. The van der Waals surface area contributed by atoms with E-state index in [-0.39, 0.29) is 5.78 Å². The van der Waals surface area contributed by atoms with Gasteiger partial charge < -0.3 is 4.74 Å². The standard InChI is InChI=1S/C16H20N2O2/c1-4-14-10-15(18(3)17-14)11-20-16-7-5-13(6-8-16)9-12(2)19/h5-8,10H,4,9,11H2,1-3H3. The molecule has 0 N–H and O–H groups in total. The van der Waals surface area contributed by atoms with Gasteiger partial charge in [-0.15, -0.1) is 0 Å². The van der Waals surface area contributed by atoms with Crippen LogP contribution in [-0.4, -0.2) is 15.6 Å². The topological polar surface area (TPSA) is 44.1 Å². The molecule has 0 saturated carbocycles. The third-order valence-corrected chi connectivity index (χ3v) is 3.15. The molecule has 106 valence electrons. The van der Waals surface area contributed by atoms with Gasteiger partial charge in [0.15, 0.2) is 0 Å². The molecule has 0 fully saturated rings. The molecule has 2 rings (SSSR count). The summed E-state index contributed by atoms with van der Waals surface area (Å²) in [7, 11) is 1.92. The van der Waals surface area contributed by atoms with E-state index in [1.54, 1.807) is 6.92 Å². The maximum absolute atomic E-state index is 11.0. The normalized spacial score (nSPS) is 10.6. The van der Waals surface area contributed by atoms with E-state index in [0.717, 1.165) is 29.1 Å². The number of hydrogen-bond acceptors (Lipinski definition) is 3. The number of ether oxygens (including phenoxy) is 1. The van der Waals surface area contributed by atoms with E-state index >= 15 is 0 Å². The Morgan fingerprint density at radius 2 is 2.00 bits per heavy atom. The lowest BCUT2D eigenvalue weighted by Gasteiger charge is -2.07. The number of Topliss-reactive ketones (excluding diaryl/α,β-unsaturated/α-hetero) is 1. The van der Waals surface area contributed by atoms with Crippen molar-refractivity contribution in [1.29, 1.82) is 0 Å².